The molecule has 0 bridgehead atoms. The fraction of sp³-hybridized carbons (Fsp3) is 0.500. The number of anilines is 1. The van der Waals surface area contributed by atoms with Crippen LogP contribution in [-0.2, 0) is 4.74 Å². The quantitative estimate of drug-likeness (QED) is 0.808. The van der Waals surface area contributed by atoms with Crippen molar-refractivity contribution in [3.8, 4) is 0 Å². The molecule has 1 heterocycles. The highest BCUT2D eigenvalue weighted by Crippen LogP contribution is 2.27. The molecule has 1 aromatic heterocycles. The third-order valence-electron chi connectivity index (χ3n) is 2.15. The Kier molecular flexibility index (Phi) is 5.64. The van der Waals surface area contributed by atoms with Crippen molar-refractivity contribution < 1.29 is 14.3 Å². The second-order valence-electron chi connectivity index (χ2n) is 3.72. The average molecular weight is 270 g/mol. The number of esters is 1. The zero-order chi connectivity index (χ0) is 13.5. The molecule has 2 N–H and O–H groups in total. The van der Waals surface area contributed by atoms with Crippen LogP contribution in [0.4, 0.5) is 9.80 Å². The Morgan fingerprint density at radius 3 is 2.72 bits per heavy atom. The van der Waals surface area contributed by atoms with Crippen LogP contribution in [0.25, 0.3) is 0 Å². The molecular weight excluding hydrogens is 252 g/mol. The van der Waals surface area contributed by atoms with Crippen LogP contribution in [0.15, 0.2) is 6.07 Å². The molecule has 100 valence electrons. The summed E-state index contributed by atoms with van der Waals surface area (Å²) in [5.41, 5.74) is 0.809. The first-order chi connectivity index (χ1) is 8.58. The van der Waals surface area contributed by atoms with E-state index >= 15 is 0 Å². The summed E-state index contributed by atoms with van der Waals surface area (Å²) in [6.45, 7) is 6.53. The lowest BCUT2D eigenvalue weighted by atomic mass is 10.3. The van der Waals surface area contributed by atoms with Crippen molar-refractivity contribution in [2.24, 2.45) is 0 Å². The van der Waals surface area contributed by atoms with Crippen LogP contribution in [0.5, 0.6) is 0 Å². The summed E-state index contributed by atoms with van der Waals surface area (Å²) in [7, 11) is 0. The van der Waals surface area contributed by atoms with Gasteiger partial charge in [-0.05, 0) is 31.9 Å². The Balaban J connectivity index is 2.66. The number of ether oxygens (including phenoxy) is 1. The van der Waals surface area contributed by atoms with Gasteiger partial charge in [0, 0.05) is 6.54 Å². The maximum atomic E-state index is 11.6. The van der Waals surface area contributed by atoms with Gasteiger partial charge in [-0.2, -0.15) is 0 Å². The topological polar surface area (TPSA) is 67.4 Å². The Labute approximate surface area is 111 Å². The van der Waals surface area contributed by atoms with Crippen molar-refractivity contribution >= 4 is 28.3 Å². The van der Waals surface area contributed by atoms with Crippen LogP contribution in [0.2, 0.25) is 0 Å². The fourth-order valence-corrected chi connectivity index (χ4v) is 2.30. The SMILES string of the molecule is CCCNC(=O)Nc1cc(C)c(C(=O)OCC)s1. The monoisotopic (exact) mass is 270 g/mol. The molecular formula is C12H18N2O3S. The molecule has 0 unspecified atom stereocenters. The molecule has 0 spiro atoms. The molecule has 5 nitrogen and oxygen atoms in total. The summed E-state index contributed by atoms with van der Waals surface area (Å²) >= 11 is 1.22. The summed E-state index contributed by atoms with van der Waals surface area (Å²) in [6, 6.07) is 1.51. The largest absolute Gasteiger partial charge is 0.462 e. The third-order valence-corrected chi connectivity index (χ3v) is 3.28. The second kappa shape index (κ2) is 7.00. The summed E-state index contributed by atoms with van der Waals surface area (Å²) in [5.74, 6) is -0.345. The van der Waals surface area contributed by atoms with E-state index in [0.717, 1.165) is 12.0 Å². The van der Waals surface area contributed by atoms with Crippen LogP contribution in [-0.4, -0.2) is 25.2 Å². The molecule has 18 heavy (non-hydrogen) atoms. The molecule has 0 atom stereocenters. The highest BCUT2D eigenvalue weighted by Gasteiger charge is 2.15. The highest BCUT2D eigenvalue weighted by molar-refractivity contribution is 7.18. The minimum absolute atomic E-state index is 0.256. The van der Waals surface area contributed by atoms with Gasteiger partial charge in [0.05, 0.1) is 11.6 Å². The molecule has 0 fully saturated rings. The van der Waals surface area contributed by atoms with Crippen LogP contribution in [0.1, 0.15) is 35.5 Å². The number of thiophene rings is 1. The number of hydrogen-bond donors (Lipinski definition) is 2. The molecule has 0 aliphatic carbocycles. The van der Waals surface area contributed by atoms with Gasteiger partial charge in [-0.1, -0.05) is 6.92 Å². The van der Waals surface area contributed by atoms with Crippen LogP contribution in [0, 0.1) is 6.92 Å². The van der Waals surface area contributed by atoms with Gasteiger partial charge in [0.1, 0.15) is 4.88 Å². The molecule has 0 saturated carbocycles. The number of carbonyl (C=O) groups is 2. The van der Waals surface area contributed by atoms with Gasteiger partial charge in [0.15, 0.2) is 0 Å². The Morgan fingerprint density at radius 2 is 2.11 bits per heavy atom. The predicted octanol–water partition coefficient (Wildman–Crippen LogP) is 2.76. The molecule has 0 aliphatic heterocycles. The minimum atomic E-state index is -0.345. The van der Waals surface area contributed by atoms with Crippen molar-refractivity contribution in [2.45, 2.75) is 27.2 Å². The first-order valence-electron chi connectivity index (χ1n) is 5.90. The van der Waals surface area contributed by atoms with Gasteiger partial charge in [0.2, 0.25) is 0 Å². The zero-order valence-electron chi connectivity index (χ0n) is 10.8. The molecule has 2 amide bonds. The van der Waals surface area contributed by atoms with E-state index in [9.17, 15) is 9.59 Å². The van der Waals surface area contributed by atoms with Crippen LogP contribution < -0.4 is 10.6 Å². The second-order valence-corrected chi connectivity index (χ2v) is 4.78. The minimum Gasteiger partial charge on any atom is -0.462 e. The first-order valence-corrected chi connectivity index (χ1v) is 6.72. The summed E-state index contributed by atoms with van der Waals surface area (Å²) in [5, 5.41) is 6.04. The number of nitrogens with one attached hydrogen (secondary N) is 2. The summed E-state index contributed by atoms with van der Waals surface area (Å²) in [4.78, 5) is 23.6. The van der Waals surface area contributed by atoms with E-state index < -0.39 is 0 Å². The van der Waals surface area contributed by atoms with Gasteiger partial charge in [0.25, 0.3) is 0 Å². The van der Waals surface area contributed by atoms with Crippen molar-refractivity contribution in [1.29, 1.82) is 0 Å². The number of carbonyl (C=O) groups excluding carboxylic acids is 2. The summed E-state index contributed by atoms with van der Waals surface area (Å²) < 4.78 is 4.94. The van der Waals surface area contributed by atoms with Crippen molar-refractivity contribution in [3.05, 3.63) is 16.5 Å². The number of aryl methyl sites for hydroxylation is 1. The van der Waals surface area contributed by atoms with Gasteiger partial charge in [-0.3, -0.25) is 5.32 Å². The molecule has 6 heteroatoms. The molecule has 1 aromatic rings. The van der Waals surface area contributed by atoms with Crippen molar-refractivity contribution in [1.82, 2.24) is 5.32 Å². The van der Waals surface area contributed by atoms with Gasteiger partial charge in [-0.15, -0.1) is 11.3 Å². The number of amides is 2. The van der Waals surface area contributed by atoms with Gasteiger partial charge >= 0.3 is 12.0 Å². The van der Waals surface area contributed by atoms with E-state index in [1.54, 1.807) is 13.0 Å². The first kappa shape index (κ1) is 14.5. The zero-order valence-corrected chi connectivity index (χ0v) is 11.6. The van der Waals surface area contributed by atoms with Crippen LogP contribution in [0.3, 0.4) is 0 Å². The van der Waals surface area contributed by atoms with Gasteiger partial charge < -0.3 is 10.1 Å². The Hall–Kier alpha value is -1.56. The molecule has 0 aromatic carbocycles. The predicted molar refractivity (Wildman–Crippen MR) is 72.3 cm³/mol. The standard InChI is InChI=1S/C12H18N2O3S/c1-4-6-13-12(16)14-9-7-8(3)10(18-9)11(15)17-5-2/h7H,4-6H2,1-3H3,(H2,13,14,16). The summed E-state index contributed by atoms with van der Waals surface area (Å²) in [6.07, 6.45) is 0.880. The van der Waals surface area contributed by atoms with E-state index in [1.807, 2.05) is 13.8 Å². The highest BCUT2D eigenvalue weighted by atomic mass is 32.1. The molecule has 1 rings (SSSR count). The van der Waals surface area contributed by atoms with Gasteiger partial charge in [-0.25, -0.2) is 9.59 Å². The third kappa shape index (κ3) is 4.03. The maximum absolute atomic E-state index is 11.6. The molecule has 0 radical (unpaired) electrons. The number of rotatable bonds is 5. The van der Waals surface area contributed by atoms with Crippen LogP contribution >= 0.6 is 11.3 Å². The molecule has 0 aliphatic rings. The number of hydrogen-bond acceptors (Lipinski definition) is 4. The lowest BCUT2D eigenvalue weighted by Gasteiger charge is -2.03. The Bertz CT molecular complexity index is 429. The van der Waals surface area contributed by atoms with E-state index in [-0.39, 0.29) is 12.0 Å². The normalized spacial score (nSPS) is 9.94. The number of urea groups is 1. The van der Waals surface area contributed by atoms with Crippen molar-refractivity contribution in [2.75, 3.05) is 18.5 Å². The van der Waals surface area contributed by atoms with Crippen molar-refractivity contribution in [3.63, 3.8) is 0 Å². The maximum Gasteiger partial charge on any atom is 0.348 e. The van der Waals surface area contributed by atoms with E-state index in [1.165, 1.54) is 11.3 Å². The lowest BCUT2D eigenvalue weighted by molar-refractivity contribution is 0.0531. The average Bonchev–Trinajstić information content (AvgIpc) is 2.68. The van der Waals surface area contributed by atoms with E-state index in [4.69, 9.17) is 4.74 Å². The molecule has 0 saturated heterocycles. The smallest absolute Gasteiger partial charge is 0.348 e. The Morgan fingerprint density at radius 1 is 1.39 bits per heavy atom. The fourth-order valence-electron chi connectivity index (χ4n) is 1.34. The lowest BCUT2D eigenvalue weighted by Crippen LogP contribution is -2.28. The van der Waals surface area contributed by atoms with E-state index in [2.05, 4.69) is 10.6 Å². The van der Waals surface area contributed by atoms with E-state index in [0.29, 0.717) is 23.0 Å².